The minimum absolute atomic E-state index is 0.115. The van der Waals surface area contributed by atoms with Crippen molar-refractivity contribution in [2.45, 2.75) is 13.8 Å². The summed E-state index contributed by atoms with van der Waals surface area (Å²) in [4.78, 5) is 32.4. The number of nitrogens with one attached hydrogen (secondary N) is 2. The summed E-state index contributed by atoms with van der Waals surface area (Å²) in [7, 11) is 0. The zero-order valence-electron chi connectivity index (χ0n) is 12.6. The Balaban J connectivity index is 1.71. The van der Waals surface area contributed by atoms with E-state index in [0.29, 0.717) is 28.1 Å². The Morgan fingerprint density at radius 1 is 1.04 bits per heavy atom. The van der Waals surface area contributed by atoms with Crippen LogP contribution in [0.3, 0.4) is 0 Å². The van der Waals surface area contributed by atoms with Gasteiger partial charge in [-0.15, -0.1) is 0 Å². The second-order valence-electron chi connectivity index (χ2n) is 4.98. The number of para-hydroxylation sites is 2. The predicted octanol–water partition coefficient (Wildman–Crippen LogP) is 1.91. The van der Waals surface area contributed by atoms with E-state index in [1.54, 1.807) is 32.0 Å². The van der Waals surface area contributed by atoms with Crippen LogP contribution in [-0.2, 0) is 0 Å². The Labute approximate surface area is 131 Å². The Morgan fingerprint density at radius 3 is 2.43 bits per heavy atom. The Hall–Kier alpha value is -3.22. The molecule has 0 spiro atoms. The van der Waals surface area contributed by atoms with Crippen LogP contribution in [0.4, 0.5) is 0 Å². The van der Waals surface area contributed by atoms with Gasteiger partial charge in [0.25, 0.3) is 11.8 Å². The molecule has 0 saturated heterocycles. The van der Waals surface area contributed by atoms with E-state index in [2.05, 4.69) is 20.8 Å². The normalized spacial score (nSPS) is 10.5. The van der Waals surface area contributed by atoms with E-state index < -0.39 is 11.8 Å². The molecule has 2 amide bonds. The number of furan rings is 1. The highest BCUT2D eigenvalue weighted by atomic mass is 16.3. The molecule has 23 heavy (non-hydrogen) atoms. The zero-order chi connectivity index (χ0) is 16.4. The zero-order valence-corrected chi connectivity index (χ0v) is 12.6. The number of amides is 2. The fraction of sp³-hybridized carbons (Fsp3) is 0.125. The molecular weight excluding hydrogens is 296 g/mol. The van der Waals surface area contributed by atoms with E-state index in [1.807, 2.05) is 12.1 Å². The van der Waals surface area contributed by atoms with Crippen molar-refractivity contribution in [2.75, 3.05) is 0 Å². The van der Waals surface area contributed by atoms with Crippen LogP contribution in [0.25, 0.3) is 11.0 Å². The van der Waals surface area contributed by atoms with Gasteiger partial charge in [-0.3, -0.25) is 25.4 Å². The highest BCUT2D eigenvalue weighted by Gasteiger charge is 2.15. The number of carbonyl (C=O) groups is 2. The summed E-state index contributed by atoms with van der Waals surface area (Å²) in [6.07, 6.45) is 1.36. The van der Waals surface area contributed by atoms with E-state index in [-0.39, 0.29) is 5.69 Å². The van der Waals surface area contributed by atoms with E-state index >= 15 is 0 Å². The molecule has 116 valence electrons. The summed E-state index contributed by atoms with van der Waals surface area (Å²) in [5, 5.41) is 0. The second kappa shape index (κ2) is 5.88. The summed E-state index contributed by atoms with van der Waals surface area (Å²) < 4.78 is 5.28. The van der Waals surface area contributed by atoms with Crippen molar-refractivity contribution in [3.8, 4) is 0 Å². The summed E-state index contributed by atoms with van der Waals surface area (Å²) >= 11 is 0. The molecule has 0 radical (unpaired) electrons. The molecule has 0 bridgehead atoms. The molecule has 3 aromatic rings. The van der Waals surface area contributed by atoms with Gasteiger partial charge in [-0.05, 0) is 32.0 Å². The fourth-order valence-corrected chi connectivity index (χ4v) is 2.17. The molecule has 0 aliphatic carbocycles. The van der Waals surface area contributed by atoms with Gasteiger partial charge in [0.1, 0.15) is 17.2 Å². The molecule has 2 aromatic heterocycles. The van der Waals surface area contributed by atoms with Crippen LogP contribution < -0.4 is 10.9 Å². The van der Waals surface area contributed by atoms with Crippen LogP contribution in [0.2, 0.25) is 0 Å². The number of nitrogens with zero attached hydrogens (tertiary/aromatic N) is 2. The summed E-state index contributed by atoms with van der Waals surface area (Å²) in [5.41, 5.74) is 6.43. The van der Waals surface area contributed by atoms with Crippen molar-refractivity contribution in [3.63, 3.8) is 0 Å². The first-order valence-corrected chi connectivity index (χ1v) is 6.94. The number of rotatable bonds is 2. The van der Waals surface area contributed by atoms with Gasteiger partial charge in [0.05, 0.1) is 22.8 Å². The maximum absolute atomic E-state index is 12.1. The lowest BCUT2D eigenvalue weighted by Crippen LogP contribution is -2.42. The van der Waals surface area contributed by atoms with E-state index in [4.69, 9.17) is 4.42 Å². The van der Waals surface area contributed by atoms with Gasteiger partial charge in [-0.1, -0.05) is 12.1 Å². The van der Waals surface area contributed by atoms with Gasteiger partial charge in [-0.25, -0.2) is 4.98 Å². The molecule has 7 nitrogen and oxygen atoms in total. The third kappa shape index (κ3) is 3.03. The van der Waals surface area contributed by atoms with Gasteiger partial charge in [0, 0.05) is 0 Å². The largest absolute Gasteiger partial charge is 0.466 e. The van der Waals surface area contributed by atoms with Crippen molar-refractivity contribution >= 4 is 22.8 Å². The number of carbonyl (C=O) groups excluding carboxylic acids is 2. The number of hydrogen-bond acceptors (Lipinski definition) is 5. The summed E-state index contributed by atoms with van der Waals surface area (Å²) in [5.74, 6) is 0.107. The highest BCUT2D eigenvalue weighted by molar-refractivity contribution is 5.99. The highest BCUT2D eigenvalue weighted by Crippen LogP contribution is 2.13. The number of fused-ring (bicyclic) bond motifs is 1. The number of benzene rings is 1. The summed E-state index contributed by atoms with van der Waals surface area (Å²) in [6, 6.07) is 8.81. The molecule has 2 heterocycles. The number of aryl methyl sites for hydroxylation is 2. The van der Waals surface area contributed by atoms with Crippen LogP contribution in [0.1, 0.15) is 32.4 Å². The van der Waals surface area contributed by atoms with E-state index in [0.717, 1.165) is 0 Å². The average Bonchev–Trinajstić information content (AvgIpc) is 2.90. The monoisotopic (exact) mass is 310 g/mol. The lowest BCUT2D eigenvalue weighted by Gasteiger charge is -2.06. The van der Waals surface area contributed by atoms with Gasteiger partial charge in [-0.2, -0.15) is 0 Å². The third-order valence-corrected chi connectivity index (χ3v) is 3.26. The minimum Gasteiger partial charge on any atom is -0.466 e. The fourth-order valence-electron chi connectivity index (χ4n) is 2.17. The maximum atomic E-state index is 12.1. The Morgan fingerprint density at radius 2 is 1.74 bits per heavy atom. The van der Waals surface area contributed by atoms with Crippen molar-refractivity contribution < 1.29 is 14.0 Å². The first-order chi connectivity index (χ1) is 11.0. The molecule has 0 unspecified atom stereocenters. The maximum Gasteiger partial charge on any atom is 0.289 e. The lowest BCUT2D eigenvalue weighted by molar-refractivity contribution is 0.0843. The minimum atomic E-state index is -0.547. The molecule has 3 rings (SSSR count). The molecule has 2 N–H and O–H groups in total. The number of aromatic nitrogens is 2. The van der Waals surface area contributed by atoms with Crippen LogP contribution in [0.5, 0.6) is 0 Å². The molecule has 0 saturated carbocycles. The molecular formula is C16H14N4O3. The van der Waals surface area contributed by atoms with Gasteiger partial charge >= 0.3 is 0 Å². The quantitative estimate of drug-likeness (QED) is 0.705. The number of hydrazine groups is 1. The Kier molecular flexibility index (Phi) is 3.76. The Bertz CT molecular complexity index is 901. The van der Waals surface area contributed by atoms with Crippen LogP contribution >= 0.6 is 0 Å². The molecule has 0 aliphatic rings. The van der Waals surface area contributed by atoms with E-state index in [1.165, 1.54) is 6.20 Å². The second-order valence-corrected chi connectivity index (χ2v) is 4.98. The van der Waals surface area contributed by atoms with Gasteiger partial charge < -0.3 is 4.42 Å². The van der Waals surface area contributed by atoms with Crippen molar-refractivity contribution in [2.24, 2.45) is 0 Å². The van der Waals surface area contributed by atoms with Crippen molar-refractivity contribution in [1.29, 1.82) is 0 Å². The van der Waals surface area contributed by atoms with Gasteiger partial charge in [0.2, 0.25) is 0 Å². The van der Waals surface area contributed by atoms with E-state index in [9.17, 15) is 9.59 Å². The SMILES string of the molecule is Cc1cc(C(=O)NNC(=O)c2cnc3ccccc3n2)c(C)o1. The third-order valence-electron chi connectivity index (χ3n) is 3.26. The van der Waals surface area contributed by atoms with Crippen LogP contribution in [0.15, 0.2) is 40.9 Å². The number of hydrogen-bond donors (Lipinski definition) is 2. The van der Waals surface area contributed by atoms with Gasteiger partial charge in [0.15, 0.2) is 0 Å². The molecule has 0 aliphatic heterocycles. The molecule has 7 heteroatoms. The predicted molar refractivity (Wildman–Crippen MR) is 82.7 cm³/mol. The summed E-state index contributed by atoms with van der Waals surface area (Å²) in [6.45, 7) is 3.42. The average molecular weight is 310 g/mol. The standard InChI is InChI=1S/C16H14N4O3/c1-9-7-11(10(2)23-9)15(21)19-20-16(22)14-8-17-12-5-3-4-6-13(12)18-14/h3-8H,1-2H3,(H,19,21)(H,20,22). The molecule has 0 atom stereocenters. The first kappa shape index (κ1) is 14.7. The van der Waals surface area contributed by atoms with Crippen LogP contribution in [0, 0.1) is 13.8 Å². The van der Waals surface area contributed by atoms with Crippen LogP contribution in [-0.4, -0.2) is 21.8 Å². The molecule has 0 fully saturated rings. The van der Waals surface area contributed by atoms with Crippen molar-refractivity contribution in [3.05, 3.63) is 59.3 Å². The molecule has 1 aromatic carbocycles. The first-order valence-electron chi connectivity index (χ1n) is 6.94. The lowest BCUT2D eigenvalue weighted by atomic mass is 10.2. The van der Waals surface area contributed by atoms with Crippen molar-refractivity contribution in [1.82, 2.24) is 20.8 Å². The topological polar surface area (TPSA) is 97.1 Å². The smallest absolute Gasteiger partial charge is 0.289 e.